The van der Waals surface area contributed by atoms with Crippen LogP contribution in [0.1, 0.15) is 60.2 Å². The van der Waals surface area contributed by atoms with Crippen molar-refractivity contribution in [2.75, 3.05) is 13.7 Å². The molecule has 10 heteroatoms. The maximum absolute atomic E-state index is 13.5. The van der Waals surface area contributed by atoms with Gasteiger partial charge in [-0.3, -0.25) is 19.9 Å². The zero-order chi connectivity index (χ0) is 30.9. The lowest BCUT2D eigenvalue weighted by molar-refractivity contribution is -0.384. The fourth-order valence-corrected chi connectivity index (χ4v) is 5.20. The highest BCUT2D eigenvalue weighted by atomic mass is 16.6. The second-order valence-corrected chi connectivity index (χ2v) is 9.87. The molecule has 0 aromatic heterocycles. The van der Waals surface area contributed by atoms with Gasteiger partial charge in [0, 0.05) is 23.8 Å². The van der Waals surface area contributed by atoms with E-state index in [0.29, 0.717) is 22.5 Å². The normalized spacial score (nSPS) is 17.0. The Kier molecular flexibility index (Phi) is 10.2. The van der Waals surface area contributed by atoms with Gasteiger partial charge in [-0.15, -0.1) is 0 Å². The molecule has 3 aromatic rings. The number of rotatable bonds is 11. The molecule has 1 aliphatic heterocycles. The molecule has 43 heavy (non-hydrogen) atoms. The number of esters is 3. The van der Waals surface area contributed by atoms with Crippen molar-refractivity contribution >= 4 is 29.3 Å². The fraction of sp³-hybridized carbons (Fsp3) is 0.273. The van der Waals surface area contributed by atoms with Crippen molar-refractivity contribution in [2.45, 2.75) is 38.7 Å². The number of benzene rings is 3. The van der Waals surface area contributed by atoms with Crippen molar-refractivity contribution in [1.82, 2.24) is 0 Å². The molecule has 0 saturated carbocycles. The topological polar surface area (TPSA) is 134 Å². The van der Waals surface area contributed by atoms with Crippen LogP contribution >= 0.6 is 0 Å². The van der Waals surface area contributed by atoms with Gasteiger partial charge in [0.1, 0.15) is 12.0 Å². The number of nitro benzene ring substituents is 1. The Bertz CT molecular complexity index is 1550. The van der Waals surface area contributed by atoms with Crippen LogP contribution in [-0.2, 0) is 23.8 Å². The van der Waals surface area contributed by atoms with E-state index in [2.05, 4.69) is 4.99 Å². The lowest BCUT2D eigenvalue weighted by atomic mass is 9.75. The molecule has 0 N–H and O–H groups in total. The molecular formula is C33H32N2O8. The molecule has 0 fully saturated rings. The summed E-state index contributed by atoms with van der Waals surface area (Å²) in [6, 6.07) is 23.6. The number of nitrogens with zero attached hydrogens (tertiary/aromatic N) is 2. The average Bonchev–Trinajstić information content (AvgIpc) is 3.03. The van der Waals surface area contributed by atoms with Gasteiger partial charge in [0.15, 0.2) is 0 Å². The minimum Gasteiger partial charge on any atom is -0.468 e. The van der Waals surface area contributed by atoms with E-state index in [0.717, 1.165) is 5.56 Å². The van der Waals surface area contributed by atoms with Gasteiger partial charge in [0.25, 0.3) is 5.69 Å². The predicted octanol–water partition coefficient (Wildman–Crippen LogP) is 6.14. The Balaban J connectivity index is 1.78. The zero-order valence-corrected chi connectivity index (χ0v) is 24.1. The molecule has 1 heterocycles. The summed E-state index contributed by atoms with van der Waals surface area (Å²) >= 11 is 0. The third-order valence-corrected chi connectivity index (χ3v) is 7.18. The van der Waals surface area contributed by atoms with E-state index in [4.69, 9.17) is 14.2 Å². The Morgan fingerprint density at radius 1 is 0.953 bits per heavy atom. The summed E-state index contributed by atoms with van der Waals surface area (Å²) in [5, 5.41) is 11.6. The van der Waals surface area contributed by atoms with Gasteiger partial charge >= 0.3 is 17.9 Å². The Morgan fingerprint density at radius 3 is 2.26 bits per heavy atom. The van der Waals surface area contributed by atoms with Crippen LogP contribution in [0.3, 0.4) is 0 Å². The lowest BCUT2D eigenvalue weighted by Gasteiger charge is -2.32. The molecule has 222 valence electrons. The van der Waals surface area contributed by atoms with Crippen molar-refractivity contribution in [1.29, 1.82) is 0 Å². The minimum absolute atomic E-state index is 0.0597. The van der Waals surface area contributed by atoms with E-state index >= 15 is 0 Å². The number of carbonyl (C=O) groups excluding carboxylic acids is 3. The summed E-state index contributed by atoms with van der Waals surface area (Å²) in [4.78, 5) is 55.3. The highest BCUT2D eigenvalue weighted by molar-refractivity contribution is 6.07. The van der Waals surface area contributed by atoms with Crippen LogP contribution in [0.5, 0.6) is 0 Å². The van der Waals surface area contributed by atoms with E-state index in [-0.39, 0.29) is 30.7 Å². The highest BCUT2D eigenvalue weighted by Crippen LogP contribution is 2.43. The highest BCUT2D eigenvalue weighted by Gasteiger charge is 2.43. The SMILES string of the molecule is CCOC(=O)C1=C(CCC(OC(=O)c2ccccc2)c2ccccc2)N=C(C)C(C(=O)OC)C1c1cccc([N+](=O)[O-])c1. The number of allylic oxidation sites excluding steroid dienone is 1. The molecule has 0 aliphatic carbocycles. The van der Waals surface area contributed by atoms with Crippen LogP contribution < -0.4 is 0 Å². The third-order valence-electron chi connectivity index (χ3n) is 7.18. The summed E-state index contributed by atoms with van der Waals surface area (Å²) in [6.07, 6.45) is -0.260. The van der Waals surface area contributed by atoms with Gasteiger partial charge in [0.05, 0.1) is 35.5 Å². The van der Waals surface area contributed by atoms with Crippen molar-refractivity contribution in [3.63, 3.8) is 0 Å². The second kappa shape index (κ2) is 14.2. The molecule has 3 aromatic carbocycles. The third kappa shape index (κ3) is 7.21. The zero-order valence-electron chi connectivity index (χ0n) is 24.1. The van der Waals surface area contributed by atoms with Crippen LogP contribution in [-0.4, -0.2) is 42.3 Å². The fourth-order valence-electron chi connectivity index (χ4n) is 5.20. The molecular weight excluding hydrogens is 552 g/mol. The molecule has 4 rings (SSSR count). The largest absolute Gasteiger partial charge is 0.468 e. The predicted molar refractivity (Wildman–Crippen MR) is 158 cm³/mol. The summed E-state index contributed by atoms with van der Waals surface area (Å²) in [5.74, 6) is -3.82. The van der Waals surface area contributed by atoms with Crippen molar-refractivity contribution in [2.24, 2.45) is 10.9 Å². The van der Waals surface area contributed by atoms with Crippen molar-refractivity contribution in [3.8, 4) is 0 Å². The first-order valence-corrected chi connectivity index (χ1v) is 13.8. The Morgan fingerprint density at radius 2 is 1.63 bits per heavy atom. The quantitative estimate of drug-likeness (QED) is 0.114. The minimum atomic E-state index is -1.02. The maximum Gasteiger partial charge on any atom is 0.338 e. The van der Waals surface area contributed by atoms with Crippen LogP contribution in [0.15, 0.2) is 101 Å². The summed E-state index contributed by atoms with van der Waals surface area (Å²) < 4.78 is 16.4. The second-order valence-electron chi connectivity index (χ2n) is 9.87. The molecule has 10 nitrogen and oxygen atoms in total. The molecule has 0 amide bonds. The standard InChI is InChI=1S/C33H32N2O8/c1-4-42-33(38)30-26(18-19-27(22-12-7-5-8-13-22)43-31(36)23-14-9-6-10-15-23)34-21(2)28(32(37)41-3)29(30)24-16-11-17-25(20-24)35(39)40/h5-17,20,27-29H,4,18-19H2,1-3H3. The molecule has 0 radical (unpaired) electrons. The van der Waals surface area contributed by atoms with Crippen LogP contribution in [0.2, 0.25) is 0 Å². The molecule has 0 bridgehead atoms. The van der Waals surface area contributed by atoms with E-state index < -0.39 is 40.8 Å². The number of aliphatic imine (C=N–C) groups is 1. The van der Waals surface area contributed by atoms with Crippen molar-refractivity contribution < 1.29 is 33.5 Å². The smallest absolute Gasteiger partial charge is 0.338 e. The molecule has 3 unspecified atom stereocenters. The van der Waals surface area contributed by atoms with Gasteiger partial charge in [-0.2, -0.15) is 0 Å². The maximum atomic E-state index is 13.5. The number of carbonyl (C=O) groups is 3. The van der Waals surface area contributed by atoms with Crippen LogP contribution in [0, 0.1) is 16.0 Å². The van der Waals surface area contributed by atoms with E-state index in [1.807, 2.05) is 30.3 Å². The first kappa shape index (κ1) is 30.8. The molecule has 3 atom stereocenters. The molecule has 1 aliphatic rings. The van der Waals surface area contributed by atoms with E-state index in [1.54, 1.807) is 50.2 Å². The van der Waals surface area contributed by atoms with Gasteiger partial charge in [-0.05, 0) is 49.9 Å². The average molecular weight is 585 g/mol. The number of nitro groups is 1. The van der Waals surface area contributed by atoms with Gasteiger partial charge in [-0.1, -0.05) is 60.7 Å². The number of ether oxygens (including phenoxy) is 3. The Labute approximate surface area is 249 Å². The number of methoxy groups -OCH3 is 1. The van der Waals surface area contributed by atoms with Crippen LogP contribution in [0.25, 0.3) is 0 Å². The van der Waals surface area contributed by atoms with Gasteiger partial charge < -0.3 is 14.2 Å². The van der Waals surface area contributed by atoms with E-state index in [1.165, 1.54) is 25.3 Å². The summed E-state index contributed by atoms with van der Waals surface area (Å²) in [5.41, 5.74) is 2.15. The van der Waals surface area contributed by atoms with Gasteiger partial charge in [-0.25, -0.2) is 9.59 Å². The van der Waals surface area contributed by atoms with Crippen LogP contribution in [0.4, 0.5) is 5.69 Å². The van der Waals surface area contributed by atoms with Gasteiger partial charge in [0.2, 0.25) is 0 Å². The molecule has 0 spiro atoms. The van der Waals surface area contributed by atoms with Crippen molar-refractivity contribution in [3.05, 3.63) is 123 Å². The monoisotopic (exact) mass is 584 g/mol. The number of hydrogen-bond donors (Lipinski definition) is 0. The summed E-state index contributed by atoms with van der Waals surface area (Å²) in [7, 11) is 1.23. The first-order chi connectivity index (χ1) is 20.7. The number of non-ortho nitro benzene ring substituents is 1. The molecule has 0 saturated heterocycles. The van der Waals surface area contributed by atoms with E-state index in [9.17, 15) is 24.5 Å². The first-order valence-electron chi connectivity index (χ1n) is 13.8. The Hall–Kier alpha value is -5.12. The lowest BCUT2D eigenvalue weighted by Crippen LogP contribution is -2.36. The number of hydrogen-bond acceptors (Lipinski definition) is 9. The summed E-state index contributed by atoms with van der Waals surface area (Å²) in [6.45, 7) is 3.37.